The second-order valence-electron chi connectivity index (χ2n) is 37.8. The minimum absolute atomic E-state index is 0.0179. The smallest absolute Gasteiger partial charge is 0.305 e. The molecule has 8 heterocycles. The van der Waals surface area contributed by atoms with Gasteiger partial charge in [-0.2, -0.15) is 35.3 Å². The van der Waals surface area contributed by atoms with Gasteiger partial charge in [-0.3, -0.25) is 96.4 Å². The Labute approximate surface area is 874 Å². The number of amides is 14. The second kappa shape index (κ2) is 54.0. The van der Waals surface area contributed by atoms with Gasteiger partial charge in [0.2, 0.25) is 82.7 Å². The second-order valence-corrected chi connectivity index (χ2v) is 40.9. The zero-order valence-electron chi connectivity index (χ0n) is 82.7. The molecule has 10 bridgehead atoms. The van der Waals surface area contributed by atoms with E-state index in [9.17, 15) is 87.9 Å². The number of carboxylic acid groups (broad SMARTS) is 4. The summed E-state index contributed by atoms with van der Waals surface area (Å²) in [6.07, 6.45) is -10.2. The fourth-order valence-electron chi connectivity index (χ4n) is 16.3. The number of carbonyl (C=O) groups excluding carboxylic acids is 15. The lowest BCUT2D eigenvalue weighted by Gasteiger charge is -2.32. The molecular formula is C103H121N19O25S3. The van der Waals surface area contributed by atoms with Crippen molar-refractivity contribution in [1.29, 1.82) is 0 Å². The van der Waals surface area contributed by atoms with Gasteiger partial charge in [0.15, 0.2) is 23.3 Å². The third-order valence-electron chi connectivity index (χ3n) is 24.6. The predicted octanol–water partition coefficient (Wildman–Crippen LogP) is 1.74. The van der Waals surface area contributed by atoms with E-state index in [0.29, 0.717) is 49.7 Å². The number of benzene rings is 7. The summed E-state index contributed by atoms with van der Waals surface area (Å²) in [6, 6.07) is 23.4. The Kier molecular flexibility index (Phi) is 41.4. The summed E-state index contributed by atoms with van der Waals surface area (Å²) < 4.78 is 6.18. The number of aliphatic carboxylic acids is 4. The molecule has 7 aliphatic rings. The molecule has 7 aliphatic heterocycles. The number of primary amides is 2. The van der Waals surface area contributed by atoms with Crippen LogP contribution in [-0.2, 0) is 132 Å². The van der Waals surface area contributed by atoms with E-state index in [4.69, 9.17) is 36.9 Å². The van der Waals surface area contributed by atoms with Crippen molar-refractivity contribution in [2.75, 3.05) is 17.3 Å². The quantitative estimate of drug-likeness (QED) is 0.0456. The number of ether oxygens (including phenoxy) is 1. The molecular weight excluding hydrogens is 2000 g/mol. The normalized spacial score (nSPS) is 23.8. The number of phenolic OH excluding ortho intramolecular Hbond substituents is 1. The number of nitrogens with one attached hydrogen (secondary N) is 13. The molecule has 7 aromatic carbocycles. The molecule has 2 unspecified atom stereocenters. The van der Waals surface area contributed by atoms with Gasteiger partial charge in [0.05, 0.1) is 49.3 Å². The number of hydrogen-bond donors (Lipinski definition) is 21. The number of epoxide rings is 1. The molecule has 0 saturated carbocycles. The van der Waals surface area contributed by atoms with Crippen molar-refractivity contribution in [3.8, 4) is 39.9 Å². The van der Waals surface area contributed by atoms with Crippen molar-refractivity contribution in [3.63, 3.8) is 0 Å². The summed E-state index contributed by atoms with van der Waals surface area (Å²) in [4.78, 5) is 283. The molecule has 796 valence electrons. The van der Waals surface area contributed by atoms with Gasteiger partial charge in [-0.05, 0) is 95.3 Å². The molecule has 1 aromatic heterocycles. The molecule has 17 atom stereocenters. The standard InChI is InChI=1S/C103H121N19O25S3/c1-52(104)90(135)117-76-50-149-47-58-21-29-62(30-22-58)88-120-87-61-27-19-57(20-28-61)46-148-49-65(86(106)134)42-78(124)85(103(4,5)6)119-99(144)75(45-83(132)133)116-96(141)71(40-56-25-33-66(123)34-26-56)112-95(140)70(39-55-13-8-7-9-14-55)113-98(143)74(44-82(130)131)115-93(138)69(36-38-81(128)129)110-101(146)77(51-150-48-59-23-31-63(32-24-59)89(121-87)122-88)118-102-84(147-102)53(2)107-94(139)72(41-64-17-12-16-60-15-10-11-18-67(60)64)114-92(137)68(35-37-80(126)127)109-97(142)73(43-79(105)125)111-91(136)54(3)108-100(76)145/h7-34,52-54,65,68-77,84-85,102,118,123H,35-51,104H2,1-6H3,(H2,105,125)(H2,106,134)(H,107,139)(H,108,145)(H,109,142)(H,110,146)(H,111,136)(H,112,140)(H,113,143)(H,114,137)(H,115,138)(H,116,141)(H,117,135)(H,119,144)(H,126,127)(H,128,129)(H,130,131)(H,132,133)/t52-,53+,54+,65-,68-,69-,70-,71-,72-,73-,74-,75-,76-,77-,84?,85+,102?/m0/s1. The van der Waals surface area contributed by atoms with Crippen molar-refractivity contribution in [2.24, 2.45) is 28.5 Å². The zero-order valence-corrected chi connectivity index (χ0v) is 85.2. The number of aromatic hydroxyl groups is 1. The summed E-state index contributed by atoms with van der Waals surface area (Å²) in [7, 11) is 0. The van der Waals surface area contributed by atoms with E-state index in [1.165, 1.54) is 80.3 Å². The third kappa shape index (κ3) is 34.6. The van der Waals surface area contributed by atoms with Crippen LogP contribution in [0.2, 0.25) is 0 Å². The molecule has 47 heteroatoms. The van der Waals surface area contributed by atoms with Crippen LogP contribution in [0.3, 0.4) is 0 Å². The fraction of sp³-hybridized carbons (Fsp3) is 0.398. The lowest BCUT2D eigenvalue weighted by atomic mass is 9.81. The summed E-state index contributed by atoms with van der Waals surface area (Å²) in [6.45, 7) is 8.88. The van der Waals surface area contributed by atoms with Crippen LogP contribution in [0.4, 0.5) is 0 Å². The maximum absolute atomic E-state index is 15.4. The van der Waals surface area contributed by atoms with E-state index in [2.05, 4.69) is 69.1 Å². The number of carboxylic acids is 4. The number of fused-ring (bicyclic) bond motifs is 3. The zero-order chi connectivity index (χ0) is 109. The van der Waals surface area contributed by atoms with E-state index in [-0.39, 0.29) is 69.7 Å². The number of thioether (sulfide) groups is 3. The number of nitrogens with zero attached hydrogens (tertiary/aromatic N) is 3. The molecule has 24 N–H and O–H groups in total. The van der Waals surface area contributed by atoms with Gasteiger partial charge in [0.25, 0.3) is 0 Å². The number of rotatable bonds is 21. The SMILES string of the molecule is C[C@H](N)C(=O)N[C@H]1CSCc2ccc(cc2)-c2nc3nc(n2)-c2ccc(cc2)CSC[C@H](NC2OC2[C@@H](C)NC(=O)[C@H](Cc2cccc4ccccc24)NC(=O)[C@H](CCC(=O)O)NC(=O)[C@H](CC(N)=O)NC(=O)[C@@H](C)NC1=O)C(=O)N[C@@H](CCC(=O)O)C(=O)N[C@@H](CC(=O)O)C(=O)N[C@@H](Cc1ccccc1)C(=O)N[C@@H](Cc1ccc(O)cc1)C(=O)N[C@@H](CC(=O)O)C(=O)N[C@@H](C(C)(C)C)C(=O)C[C@H](C(N)=O)CSCc1ccc-3cc1. The molecule has 1 saturated heterocycles. The van der Waals surface area contributed by atoms with Crippen LogP contribution in [0.25, 0.3) is 44.9 Å². The van der Waals surface area contributed by atoms with E-state index < -0.39 is 285 Å². The number of Topliss-reactive ketones (excluding diaryl/α,β-unsaturated/α-hetero) is 1. The highest BCUT2D eigenvalue weighted by Crippen LogP contribution is 2.33. The van der Waals surface area contributed by atoms with Gasteiger partial charge in [-0.1, -0.05) is 178 Å². The molecule has 14 amide bonds. The Balaban J connectivity index is 0.994. The molecule has 8 aromatic rings. The van der Waals surface area contributed by atoms with Crippen molar-refractivity contribution >= 4 is 158 Å². The Bertz CT molecular complexity index is 6280. The number of hydrogen-bond acceptors (Lipinski definition) is 29. The molecule has 1 fully saturated rings. The average Bonchev–Trinajstić information content (AvgIpc) is 1.60. The molecule has 15 rings (SSSR count). The van der Waals surface area contributed by atoms with Gasteiger partial charge in [-0.15, -0.1) is 0 Å². The van der Waals surface area contributed by atoms with Crippen LogP contribution in [0.15, 0.2) is 170 Å². The van der Waals surface area contributed by atoms with Crippen molar-refractivity contribution in [2.45, 2.75) is 226 Å². The highest BCUT2D eigenvalue weighted by molar-refractivity contribution is 7.99. The van der Waals surface area contributed by atoms with Crippen molar-refractivity contribution in [1.82, 2.24) is 84.1 Å². The molecule has 150 heavy (non-hydrogen) atoms. The molecule has 0 spiro atoms. The minimum Gasteiger partial charge on any atom is -0.508 e. The van der Waals surface area contributed by atoms with Crippen LogP contribution >= 0.6 is 35.3 Å². The largest absolute Gasteiger partial charge is 0.508 e. The predicted molar refractivity (Wildman–Crippen MR) is 552 cm³/mol. The lowest BCUT2D eigenvalue weighted by Crippen LogP contribution is -2.61. The van der Waals surface area contributed by atoms with E-state index in [1.807, 2.05) is 0 Å². The van der Waals surface area contributed by atoms with Gasteiger partial charge in [0, 0.05) is 89.7 Å². The van der Waals surface area contributed by atoms with Crippen LogP contribution < -0.4 is 86.3 Å². The van der Waals surface area contributed by atoms with Gasteiger partial charge >= 0.3 is 23.9 Å². The van der Waals surface area contributed by atoms with E-state index >= 15 is 28.8 Å². The summed E-state index contributed by atoms with van der Waals surface area (Å²) >= 11 is 3.62. The monoisotopic (exact) mass is 2120 g/mol. The van der Waals surface area contributed by atoms with Gasteiger partial charge in [0.1, 0.15) is 78.5 Å². The van der Waals surface area contributed by atoms with Crippen LogP contribution in [0.5, 0.6) is 5.75 Å². The van der Waals surface area contributed by atoms with Gasteiger partial charge in [-0.25, -0.2) is 15.0 Å². The first-order chi connectivity index (χ1) is 71.3. The van der Waals surface area contributed by atoms with E-state index in [0.717, 1.165) is 5.56 Å². The lowest BCUT2D eigenvalue weighted by molar-refractivity contribution is -0.142. The molecule has 0 radical (unpaired) electrons. The number of nitrogens with two attached hydrogens (primary N) is 3. The molecule has 44 nitrogen and oxygen atoms in total. The summed E-state index contributed by atoms with van der Waals surface area (Å²) in [5.41, 5.74) is 21.1. The van der Waals surface area contributed by atoms with Crippen LogP contribution in [-0.4, -0.2) is 267 Å². The number of ketones is 1. The highest BCUT2D eigenvalue weighted by Gasteiger charge is 2.48. The van der Waals surface area contributed by atoms with E-state index in [1.54, 1.807) is 166 Å². The number of phenols is 1. The van der Waals surface area contributed by atoms with Crippen molar-refractivity contribution in [3.05, 3.63) is 203 Å². The first-order valence-corrected chi connectivity index (χ1v) is 51.6. The maximum atomic E-state index is 15.4. The summed E-state index contributed by atoms with van der Waals surface area (Å²) in [5, 5.41) is 86.2. The maximum Gasteiger partial charge on any atom is 0.305 e. The first-order valence-electron chi connectivity index (χ1n) is 48.1. The van der Waals surface area contributed by atoms with Gasteiger partial charge < -0.3 is 111 Å². The summed E-state index contributed by atoms with van der Waals surface area (Å²) in [5.74, 6) is -22.7. The Hall–Kier alpha value is -15.3. The molecule has 0 aliphatic carbocycles. The Morgan fingerprint density at radius 3 is 1.33 bits per heavy atom. The van der Waals surface area contributed by atoms with Crippen LogP contribution in [0.1, 0.15) is 126 Å². The topological polar surface area (TPSA) is 711 Å². The third-order valence-corrected chi connectivity index (χ3v) is 28.0. The average molecular weight is 2120 g/mol. The number of carbonyl (C=O) groups is 19. The van der Waals surface area contributed by atoms with Crippen LogP contribution in [0, 0.1) is 11.3 Å². The van der Waals surface area contributed by atoms with Crippen molar-refractivity contribution < 1.29 is 121 Å². The fourth-order valence-corrected chi connectivity index (χ4v) is 19.5. The first kappa shape index (κ1) is 115. The minimum atomic E-state index is -2.18. The Morgan fingerprint density at radius 2 is 0.853 bits per heavy atom. The highest BCUT2D eigenvalue weighted by atomic mass is 32.2. The Morgan fingerprint density at radius 1 is 0.440 bits per heavy atom. The number of aromatic nitrogens is 3.